The van der Waals surface area contributed by atoms with Crippen molar-refractivity contribution in [2.75, 3.05) is 6.54 Å². The first-order valence-corrected chi connectivity index (χ1v) is 7.22. The van der Waals surface area contributed by atoms with Crippen molar-refractivity contribution < 1.29 is 9.18 Å². The van der Waals surface area contributed by atoms with Gasteiger partial charge in [0.15, 0.2) is 0 Å². The zero-order valence-corrected chi connectivity index (χ0v) is 12.4. The molecule has 1 saturated heterocycles. The van der Waals surface area contributed by atoms with E-state index in [-0.39, 0.29) is 23.8 Å². The summed E-state index contributed by atoms with van der Waals surface area (Å²) in [6, 6.07) is 6.84. The summed E-state index contributed by atoms with van der Waals surface area (Å²) in [7, 11) is 0. The summed E-state index contributed by atoms with van der Waals surface area (Å²) < 4.78 is 13.9. The molecular weight excluding hydrogens is 255 g/mol. The van der Waals surface area contributed by atoms with Crippen LogP contribution in [0.4, 0.5) is 4.39 Å². The highest BCUT2D eigenvalue weighted by atomic mass is 19.1. The summed E-state index contributed by atoms with van der Waals surface area (Å²) >= 11 is 0. The van der Waals surface area contributed by atoms with Gasteiger partial charge in [0.2, 0.25) is 5.91 Å². The second-order valence-electron chi connectivity index (χ2n) is 6.07. The van der Waals surface area contributed by atoms with E-state index in [9.17, 15) is 9.18 Å². The van der Waals surface area contributed by atoms with E-state index < -0.39 is 5.41 Å². The van der Waals surface area contributed by atoms with E-state index in [1.807, 2.05) is 0 Å². The summed E-state index contributed by atoms with van der Waals surface area (Å²) in [6.07, 6.45) is 2.02. The Balaban J connectivity index is 2.13. The standard InChI is InChI=1S/C16H23FN2O/c1-11-14(9-6-10-18-11)19-15(20)16(2,3)12-7-4-5-8-13(12)17/h4-5,7-8,11,14,18H,6,9-10H2,1-3H3,(H,19,20). The number of nitrogens with one attached hydrogen (secondary N) is 2. The van der Waals surface area contributed by atoms with Gasteiger partial charge in [-0.25, -0.2) is 4.39 Å². The number of rotatable bonds is 3. The van der Waals surface area contributed by atoms with Gasteiger partial charge in [-0.2, -0.15) is 0 Å². The monoisotopic (exact) mass is 278 g/mol. The molecule has 2 unspecified atom stereocenters. The van der Waals surface area contributed by atoms with Crippen LogP contribution in [0, 0.1) is 5.82 Å². The molecule has 110 valence electrons. The smallest absolute Gasteiger partial charge is 0.230 e. The number of halogens is 1. The number of carbonyl (C=O) groups excluding carboxylic acids is 1. The molecule has 4 heteroatoms. The average Bonchev–Trinajstić information content (AvgIpc) is 2.41. The third-order valence-corrected chi connectivity index (χ3v) is 4.19. The Kier molecular flexibility index (Phi) is 4.43. The summed E-state index contributed by atoms with van der Waals surface area (Å²) in [5.41, 5.74) is -0.434. The van der Waals surface area contributed by atoms with Crippen molar-refractivity contribution in [2.24, 2.45) is 0 Å². The molecule has 2 atom stereocenters. The molecule has 1 fully saturated rings. The molecule has 0 aromatic heterocycles. The lowest BCUT2D eigenvalue weighted by atomic mass is 9.82. The molecule has 20 heavy (non-hydrogen) atoms. The van der Waals surface area contributed by atoms with Gasteiger partial charge >= 0.3 is 0 Å². The number of hydrogen-bond donors (Lipinski definition) is 2. The van der Waals surface area contributed by atoms with E-state index in [4.69, 9.17) is 0 Å². The van der Waals surface area contributed by atoms with Crippen LogP contribution >= 0.6 is 0 Å². The number of benzene rings is 1. The number of carbonyl (C=O) groups is 1. The maximum atomic E-state index is 13.9. The second-order valence-corrected chi connectivity index (χ2v) is 6.07. The van der Waals surface area contributed by atoms with Gasteiger partial charge in [0, 0.05) is 17.6 Å². The quantitative estimate of drug-likeness (QED) is 0.891. The van der Waals surface area contributed by atoms with Crippen LogP contribution in [0.3, 0.4) is 0 Å². The number of amides is 1. The first-order valence-electron chi connectivity index (χ1n) is 7.22. The molecule has 0 spiro atoms. The molecule has 1 aromatic rings. The van der Waals surface area contributed by atoms with Crippen molar-refractivity contribution in [1.29, 1.82) is 0 Å². The van der Waals surface area contributed by atoms with Crippen molar-refractivity contribution in [2.45, 2.75) is 51.1 Å². The molecule has 0 bridgehead atoms. The van der Waals surface area contributed by atoms with Crippen LogP contribution in [0.25, 0.3) is 0 Å². The van der Waals surface area contributed by atoms with Gasteiger partial charge in [-0.15, -0.1) is 0 Å². The fraction of sp³-hybridized carbons (Fsp3) is 0.562. The summed E-state index contributed by atoms with van der Waals surface area (Å²) in [4.78, 5) is 12.5. The summed E-state index contributed by atoms with van der Waals surface area (Å²) in [5, 5.41) is 6.42. The van der Waals surface area contributed by atoms with E-state index >= 15 is 0 Å². The van der Waals surface area contributed by atoms with E-state index in [1.165, 1.54) is 6.07 Å². The van der Waals surface area contributed by atoms with Crippen LogP contribution < -0.4 is 10.6 Å². The van der Waals surface area contributed by atoms with Crippen LogP contribution in [0.5, 0.6) is 0 Å². The van der Waals surface area contributed by atoms with Crippen LogP contribution in [0.15, 0.2) is 24.3 Å². The molecule has 1 aliphatic heterocycles. The molecule has 1 amide bonds. The topological polar surface area (TPSA) is 41.1 Å². The first kappa shape index (κ1) is 15.0. The zero-order valence-electron chi connectivity index (χ0n) is 12.4. The molecule has 1 heterocycles. The highest BCUT2D eigenvalue weighted by Gasteiger charge is 2.34. The van der Waals surface area contributed by atoms with Gasteiger partial charge in [-0.05, 0) is 46.2 Å². The van der Waals surface area contributed by atoms with Crippen LogP contribution in [-0.4, -0.2) is 24.5 Å². The SMILES string of the molecule is CC1NCCCC1NC(=O)C(C)(C)c1ccccc1F. The van der Waals surface area contributed by atoms with E-state index in [2.05, 4.69) is 17.6 Å². The van der Waals surface area contributed by atoms with E-state index in [0.29, 0.717) is 5.56 Å². The number of hydrogen-bond acceptors (Lipinski definition) is 2. The van der Waals surface area contributed by atoms with Gasteiger partial charge in [0.1, 0.15) is 5.82 Å². The van der Waals surface area contributed by atoms with Crippen molar-refractivity contribution in [3.63, 3.8) is 0 Å². The van der Waals surface area contributed by atoms with Crippen molar-refractivity contribution in [3.8, 4) is 0 Å². The minimum absolute atomic E-state index is 0.113. The predicted octanol–water partition coefficient (Wildman–Crippen LogP) is 2.36. The normalized spacial score (nSPS) is 23.4. The highest BCUT2D eigenvalue weighted by molar-refractivity contribution is 5.87. The van der Waals surface area contributed by atoms with Crippen molar-refractivity contribution in [3.05, 3.63) is 35.6 Å². The van der Waals surface area contributed by atoms with Gasteiger partial charge in [-0.3, -0.25) is 4.79 Å². The molecule has 0 radical (unpaired) electrons. The molecule has 1 aliphatic rings. The minimum Gasteiger partial charge on any atom is -0.351 e. The third kappa shape index (κ3) is 3.01. The molecule has 3 nitrogen and oxygen atoms in total. The summed E-state index contributed by atoms with van der Waals surface area (Å²) in [6.45, 7) is 6.59. The highest BCUT2D eigenvalue weighted by Crippen LogP contribution is 2.26. The lowest BCUT2D eigenvalue weighted by Crippen LogP contribution is -2.55. The molecule has 0 aliphatic carbocycles. The molecular formula is C16H23FN2O. The van der Waals surface area contributed by atoms with Gasteiger partial charge in [0.05, 0.1) is 5.41 Å². The lowest BCUT2D eigenvalue weighted by molar-refractivity contribution is -0.126. The Morgan fingerprint density at radius 3 is 2.75 bits per heavy atom. The average molecular weight is 278 g/mol. The van der Waals surface area contributed by atoms with Crippen LogP contribution in [0.2, 0.25) is 0 Å². The molecule has 0 saturated carbocycles. The Bertz CT molecular complexity index is 487. The predicted molar refractivity (Wildman–Crippen MR) is 78.1 cm³/mol. The molecule has 2 rings (SSSR count). The van der Waals surface area contributed by atoms with Gasteiger partial charge < -0.3 is 10.6 Å². The maximum Gasteiger partial charge on any atom is 0.230 e. The number of piperidine rings is 1. The maximum absolute atomic E-state index is 13.9. The fourth-order valence-electron chi connectivity index (χ4n) is 2.68. The Hall–Kier alpha value is -1.42. The lowest BCUT2D eigenvalue weighted by Gasteiger charge is -2.34. The van der Waals surface area contributed by atoms with Crippen molar-refractivity contribution in [1.82, 2.24) is 10.6 Å². The minimum atomic E-state index is -0.873. The third-order valence-electron chi connectivity index (χ3n) is 4.19. The van der Waals surface area contributed by atoms with Crippen LogP contribution in [-0.2, 0) is 10.2 Å². The first-order chi connectivity index (χ1) is 9.43. The Morgan fingerprint density at radius 2 is 2.10 bits per heavy atom. The van der Waals surface area contributed by atoms with Crippen molar-refractivity contribution >= 4 is 5.91 Å². The summed E-state index contributed by atoms with van der Waals surface area (Å²) in [5.74, 6) is -0.453. The van der Waals surface area contributed by atoms with Crippen LogP contribution in [0.1, 0.15) is 39.2 Å². The molecule has 1 aromatic carbocycles. The largest absolute Gasteiger partial charge is 0.351 e. The van der Waals surface area contributed by atoms with Gasteiger partial charge in [0.25, 0.3) is 0 Å². The Labute approximate surface area is 120 Å². The van der Waals surface area contributed by atoms with E-state index in [0.717, 1.165) is 19.4 Å². The zero-order chi connectivity index (χ0) is 14.8. The molecule has 2 N–H and O–H groups in total. The fourth-order valence-corrected chi connectivity index (χ4v) is 2.68. The van der Waals surface area contributed by atoms with Gasteiger partial charge in [-0.1, -0.05) is 18.2 Å². The van der Waals surface area contributed by atoms with E-state index in [1.54, 1.807) is 32.0 Å². The Morgan fingerprint density at radius 1 is 1.40 bits per heavy atom. The second kappa shape index (κ2) is 5.92.